The number of carbonyl (C=O) groups excluding carboxylic acids is 1. The van der Waals surface area contributed by atoms with Crippen LogP contribution in [0.15, 0.2) is 40.2 Å². The zero-order valence-corrected chi connectivity index (χ0v) is 11.5. The van der Waals surface area contributed by atoms with Crippen LogP contribution in [-0.4, -0.2) is 16.2 Å². The second-order valence-electron chi connectivity index (χ2n) is 3.88. The quantitative estimate of drug-likeness (QED) is 0.790. The number of hydrogen-bond donors (Lipinski definition) is 2. The van der Waals surface area contributed by atoms with Crippen molar-refractivity contribution in [3.63, 3.8) is 0 Å². The lowest BCUT2D eigenvalue weighted by atomic mass is 10.1. The van der Waals surface area contributed by atoms with E-state index in [2.05, 4.69) is 21.2 Å². The summed E-state index contributed by atoms with van der Waals surface area (Å²) in [5.74, 6) is -0.390. The Bertz CT molecular complexity index is 614. The summed E-state index contributed by atoms with van der Waals surface area (Å²) >= 11 is 4.85. The highest BCUT2D eigenvalue weighted by Crippen LogP contribution is 2.35. The van der Waals surface area contributed by atoms with Crippen LogP contribution in [0.4, 0.5) is 5.69 Å². The minimum absolute atomic E-state index is 0.390. The van der Waals surface area contributed by atoms with Crippen molar-refractivity contribution >= 4 is 38.9 Å². The average Bonchev–Trinajstić information content (AvgIpc) is 2.80. The molecule has 6 heteroatoms. The van der Waals surface area contributed by atoms with Crippen LogP contribution >= 0.6 is 27.3 Å². The largest absolute Gasteiger partial charge is 0.358 e. The third kappa shape index (κ3) is 1.82. The first-order chi connectivity index (χ1) is 8.66. The van der Waals surface area contributed by atoms with Crippen LogP contribution in [0.2, 0.25) is 0 Å². The van der Waals surface area contributed by atoms with E-state index in [1.54, 1.807) is 12.1 Å². The molecule has 0 radical (unpaired) electrons. The van der Waals surface area contributed by atoms with Gasteiger partial charge in [-0.25, -0.2) is 0 Å². The molecule has 1 atom stereocenters. The Morgan fingerprint density at radius 3 is 2.78 bits per heavy atom. The van der Waals surface area contributed by atoms with Crippen LogP contribution in [-0.2, 0) is 0 Å². The minimum atomic E-state index is -0.538. The van der Waals surface area contributed by atoms with Crippen molar-refractivity contribution in [3.05, 3.63) is 50.6 Å². The van der Waals surface area contributed by atoms with Crippen molar-refractivity contribution in [2.45, 2.75) is 6.17 Å². The molecule has 2 aromatic rings. The van der Waals surface area contributed by atoms with E-state index in [1.165, 1.54) is 11.3 Å². The Kier molecular flexibility index (Phi) is 2.85. The van der Waals surface area contributed by atoms with Gasteiger partial charge in [0.15, 0.2) is 6.17 Å². The SMILES string of the molecule is O=C1c2ccccc2N[C@@H](c2ccc(Br)s2)N1O. The van der Waals surface area contributed by atoms with Gasteiger partial charge in [-0.05, 0) is 40.2 Å². The lowest BCUT2D eigenvalue weighted by Crippen LogP contribution is -2.40. The summed E-state index contributed by atoms with van der Waals surface area (Å²) in [4.78, 5) is 12.9. The summed E-state index contributed by atoms with van der Waals surface area (Å²) in [6.45, 7) is 0. The fourth-order valence-corrected chi connectivity index (χ4v) is 3.37. The smallest absolute Gasteiger partial charge is 0.281 e. The highest BCUT2D eigenvalue weighted by Gasteiger charge is 2.32. The third-order valence-corrected chi connectivity index (χ3v) is 4.44. The predicted octanol–water partition coefficient (Wildman–Crippen LogP) is 3.47. The van der Waals surface area contributed by atoms with Gasteiger partial charge in [0.25, 0.3) is 5.91 Å². The summed E-state index contributed by atoms with van der Waals surface area (Å²) in [7, 11) is 0. The van der Waals surface area contributed by atoms with Crippen LogP contribution in [0, 0.1) is 0 Å². The summed E-state index contributed by atoms with van der Waals surface area (Å²) in [5, 5.41) is 13.8. The maximum Gasteiger partial charge on any atom is 0.281 e. The number of hydroxylamine groups is 2. The lowest BCUT2D eigenvalue weighted by molar-refractivity contribution is -0.0843. The van der Waals surface area contributed by atoms with Crippen molar-refractivity contribution in [1.29, 1.82) is 0 Å². The van der Waals surface area contributed by atoms with Gasteiger partial charge in [-0.2, -0.15) is 5.06 Å². The molecule has 0 fully saturated rings. The van der Waals surface area contributed by atoms with Crippen molar-refractivity contribution in [3.8, 4) is 0 Å². The number of nitrogens with one attached hydrogen (secondary N) is 1. The normalized spacial score (nSPS) is 18.4. The number of anilines is 1. The predicted molar refractivity (Wildman–Crippen MR) is 72.8 cm³/mol. The van der Waals surface area contributed by atoms with E-state index < -0.39 is 6.17 Å². The number of rotatable bonds is 1. The number of amides is 1. The molecule has 18 heavy (non-hydrogen) atoms. The zero-order valence-electron chi connectivity index (χ0n) is 9.13. The fraction of sp³-hybridized carbons (Fsp3) is 0.0833. The molecule has 1 aliphatic rings. The molecule has 0 bridgehead atoms. The van der Waals surface area contributed by atoms with Crippen LogP contribution in [0.25, 0.3) is 0 Å². The lowest BCUT2D eigenvalue weighted by Gasteiger charge is -2.32. The van der Waals surface area contributed by atoms with E-state index in [4.69, 9.17) is 0 Å². The fourth-order valence-electron chi connectivity index (χ4n) is 1.91. The van der Waals surface area contributed by atoms with Crippen LogP contribution in [0.5, 0.6) is 0 Å². The average molecular weight is 325 g/mol. The van der Waals surface area contributed by atoms with Gasteiger partial charge in [0.05, 0.1) is 14.2 Å². The highest BCUT2D eigenvalue weighted by atomic mass is 79.9. The van der Waals surface area contributed by atoms with Crippen molar-refractivity contribution < 1.29 is 10.0 Å². The number of para-hydroxylation sites is 1. The summed E-state index contributed by atoms with van der Waals surface area (Å²) in [6.07, 6.45) is -0.538. The number of fused-ring (bicyclic) bond motifs is 1. The minimum Gasteiger partial charge on any atom is -0.358 e. The van der Waals surface area contributed by atoms with Gasteiger partial charge in [0.1, 0.15) is 0 Å². The van der Waals surface area contributed by atoms with Crippen molar-refractivity contribution in [2.75, 3.05) is 5.32 Å². The number of nitrogens with zero attached hydrogens (tertiary/aromatic N) is 1. The van der Waals surface area contributed by atoms with E-state index >= 15 is 0 Å². The van der Waals surface area contributed by atoms with E-state index in [-0.39, 0.29) is 5.91 Å². The molecule has 0 spiro atoms. The van der Waals surface area contributed by atoms with Gasteiger partial charge < -0.3 is 5.32 Å². The third-order valence-electron chi connectivity index (χ3n) is 2.77. The molecular formula is C12H9BrN2O2S. The molecule has 92 valence electrons. The van der Waals surface area contributed by atoms with E-state index in [0.29, 0.717) is 5.56 Å². The molecule has 2 heterocycles. The second-order valence-corrected chi connectivity index (χ2v) is 6.38. The molecule has 1 aromatic carbocycles. The Morgan fingerprint density at radius 2 is 2.06 bits per heavy atom. The van der Waals surface area contributed by atoms with Gasteiger partial charge in [-0.15, -0.1) is 11.3 Å². The van der Waals surface area contributed by atoms with E-state index in [1.807, 2.05) is 24.3 Å². The Morgan fingerprint density at radius 1 is 1.28 bits per heavy atom. The van der Waals surface area contributed by atoms with Crippen LogP contribution < -0.4 is 5.32 Å². The van der Waals surface area contributed by atoms with Crippen LogP contribution in [0.3, 0.4) is 0 Å². The molecule has 2 N–H and O–H groups in total. The monoisotopic (exact) mass is 324 g/mol. The molecule has 0 aliphatic carbocycles. The second kappa shape index (κ2) is 4.38. The number of benzene rings is 1. The van der Waals surface area contributed by atoms with Gasteiger partial charge in [-0.1, -0.05) is 12.1 Å². The zero-order chi connectivity index (χ0) is 12.7. The molecule has 4 nitrogen and oxygen atoms in total. The van der Waals surface area contributed by atoms with Crippen molar-refractivity contribution in [2.24, 2.45) is 0 Å². The Hall–Kier alpha value is -1.37. The van der Waals surface area contributed by atoms with Gasteiger partial charge >= 0.3 is 0 Å². The van der Waals surface area contributed by atoms with Gasteiger partial charge in [0, 0.05) is 5.69 Å². The summed E-state index contributed by atoms with van der Waals surface area (Å²) in [6, 6.07) is 10.9. The molecular weight excluding hydrogens is 316 g/mol. The molecule has 0 saturated carbocycles. The number of thiophene rings is 1. The number of hydrogen-bond acceptors (Lipinski definition) is 4. The summed E-state index contributed by atoms with van der Waals surface area (Å²) < 4.78 is 0.957. The molecule has 1 aromatic heterocycles. The Labute approximate surface area is 116 Å². The van der Waals surface area contributed by atoms with Gasteiger partial charge in [-0.3, -0.25) is 10.0 Å². The standard InChI is InChI=1S/C12H9BrN2O2S/c13-10-6-5-9(18-10)11-14-8-4-2-1-3-7(8)12(16)15(11)17/h1-6,11,14,17H/t11-/m1/s1. The maximum absolute atomic E-state index is 12.0. The summed E-state index contributed by atoms with van der Waals surface area (Å²) in [5.41, 5.74) is 1.22. The molecule has 3 rings (SSSR count). The number of carbonyl (C=O) groups is 1. The van der Waals surface area contributed by atoms with E-state index in [0.717, 1.165) is 19.4 Å². The van der Waals surface area contributed by atoms with E-state index in [9.17, 15) is 10.0 Å². The topological polar surface area (TPSA) is 52.6 Å². The highest BCUT2D eigenvalue weighted by molar-refractivity contribution is 9.11. The first kappa shape index (κ1) is 11.7. The molecule has 1 aliphatic heterocycles. The molecule has 1 amide bonds. The van der Waals surface area contributed by atoms with Gasteiger partial charge in [0.2, 0.25) is 0 Å². The molecule has 0 unspecified atom stereocenters. The van der Waals surface area contributed by atoms with Crippen LogP contribution in [0.1, 0.15) is 21.4 Å². The number of halogens is 1. The Balaban J connectivity index is 2.03. The molecule has 0 saturated heterocycles. The first-order valence-electron chi connectivity index (χ1n) is 5.30. The first-order valence-corrected chi connectivity index (χ1v) is 6.91. The van der Waals surface area contributed by atoms with Crippen molar-refractivity contribution in [1.82, 2.24) is 5.06 Å². The maximum atomic E-state index is 12.0.